The van der Waals surface area contributed by atoms with Crippen LogP contribution in [0.4, 0.5) is 0 Å². The number of ether oxygens (including phenoxy) is 3. The first-order valence-corrected chi connectivity index (χ1v) is 9.03. The molecule has 0 N–H and O–H groups in total. The zero-order valence-electron chi connectivity index (χ0n) is 15.6. The van der Waals surface area contributed by atoms with Gasteiger partial charge in [0.05, 0.1) is 33.4 Å². The van der Waals surface area contributed by atoms with Gasteiger partial charge in [-0.1, -0.05) is 6.07 Å². The van der Waals surface area contributed by atoms with Gasteiger partial charge in [0.25, 0.3) is 5.91 Å². The molecule has 1 aromatic rings. The first-order valence-electron chi connectivity index (χ1n) is 9.03. The smallest absolute Gasteiger partial charge is 0.307 e. The van der Waals surface area contributed by atoms with Crippen molar-refractivity contribution in [1.29, 1.82) is 0 Å². The van der Waals surface area contributed by atoms with Gasteiger partial charge in [0.1, 0.15) is 5.75 Å². The number of carbonyl (C=O) groups is 2. The molecule has 7 heteroatoms. The van der Waals surface area contributed by atoms with Crippen LogP contribution in [-0.4, -0.2) is 81.3 Å². The van der Waals surface area contributed by atoms with Gasteiger partial charge in [0.15, 0.2) is 0 Å². The van der Waals surface area contributed by atoms with Crippen molar-refractivity contribution in [3.8, 4) is 5.75 Å². The molecule has 1 aliphatic heterocycles. The zero-order valence-corrected chi connectivity index (χ0v) is 15.6. The Balaban J connectivity index is 2.01. The van der Waals surface area contributed by atoms with Crippen molar-refractivity contribution in [2.45, 2.75) is 13.3 Å². The van der Waals surface area contributed by atoms with Gasteiger partial charge in [-0.15, -0.1) is 0 Å². The lowest BCUT2D eigenvalue weighted by atomic mass is 10.1. The number of nitrogens with zero attached hydrogens (tertiary/aromatic N) is 2. The Hall–Kier alpha value is -2.12. The summed E-state index contributed by atoms with van der Waals surface area (Å²) >= 11 is 0. The van der Waals surface area contributed by atoms with Crippen LogP contribution in [0.15, 0.2) is 24.3 Å². The second-order valence-corrected chi connectivity index (χ2v) is 6.03. The molecule has 0 aromatic heterocycles. The molecular formula is C19H28N2O5. The van der Waals surface area contributed by atoms with Crippen molar-refractivity contribution < 1.29 is 23.8 Å². The van der Waals surface area contributed by atoms with Gasteiger partial charge < -0.3 is 19.1 Å². The van der Waals surface area contributed by atoms with Gasteiger partial charge in [-0.25, -0.2) is 0 Å². The standard InChI is InChI=1S/C19H28N2O5/c1-3-26-18(22)7-8-21(10-9-20-11-13-25-14-12-20)19(23)16-5-4-6-17(15-16)24-2/h4-6,15H,3,7-14H2,1-2H3. The summed E-state index contributed by atoms with van der Waals surface area (Å²) in [7, 11) is 1.57. The van der Waals surface area contributed by atoms with Crippen molar-refractivity contribution in [1.82, 2.24) is 9.80 Å². The molecular weight excluding hydrogens is 336 g/mol. The van der Waals surface area contributed by atoms with Crippen LogP contribution in [0, 0.1) is 0 Å². The van der Waals surface area contributed by atoms with E-state index < -0.39 is 0 Å². The van der Waals surface area contributed by atoms with E-state index in [0.717, 1.165) is 19.6 Å². The van der Waals surface area contributed by atoms with E-state index in [0.29, 0.717) is 44.2 Å². The third kappa shape index (κ3) is 6.31. The Bertz CT molecular complexity index is 587. The average molecular weight is 364 g/mol. The van der Waals surface area contributed by atoms with E-state index in [2.05, 4.69) is 4.90 Å². The van der Waals surface area contributed by atoms with Crippen LogP contribution in [0.25, 0.3) is 0 Å². The monoisotopic (exact) mass is 364 g/mol. The second kappa shape index (κ2) is 10.8. The highest BCUT2D eigenvalue weighted by atomic mass is 16.5. The van der Waals surface area contributed by atoms with Gasteiger partial charge in [-0.3, -0.25) is 14.5 Å². The third-order valence-corrected chi connectivity index (χ3v) is 4.28. The van der Waals surface area contributed by atoms with Crippen molar-refractivity contribution in [2.24, 2.45) is 0 Å². The maximum atomic E-state index is 12.9. The van der Waals surface area contributed by atoms with Gasteiger partial charge in [-0.2, -0.15) is 0 Å². The number of esters is 1. The van der Waals surface area contributed by atoms with Crippen LogP contribution < -0.4 is 4.74 Å². The van der Waals surface area contributed by atoms with E-state index in [9.17, 15) is 9.59 Å². The zero-order chi connectivity index (χ0) is 18.8. The minimum atomic E-state index is -0.290. The molecule has 1 saturated heterocycles. The van der Waals surface area contributed by atoms with Crippen LogP contribution >= 0.6 is 0 Å². The number of methoxy groups -OCH3 is 1. The van der Waals surface area contributed by atoms with Gasteiger partial charge in [0.2, 0.25) is 0 Å². The number of morpholine rings is 1. The predicted octanol–water partition coefficient (Wildman–Crippen LogP) is 1.42. The van der Waals surface area contributed by atoms with Crippen LogP contribution in [-0.2, 0) is 14.3 Å². The Morgan fingerprint density at radius 1 is 1.23 bits per heavy atom. The third-order valence-electron chi connectivity index (χ3n) is 4.28. The van der Waals surface area contributed by atoms with E-state index in [1.807, 2.05) is 0 Å². The van der Waals surface area contributed by atoms with Crippen LogP contribution in [0.3, 0.4) is 0 Å². The molecule has 144 valence electrons. The molecule has 0 bridgehead atoms. The van der Waals surface area contributed by atoms with Crippen LogP contribution in [0.5, 0.6) is 5.75 Å². The van der Waals surface area contributed by atoms with Crippen molar-refractivity contribution in [3.05, 3.63) is 29.8 Å². The van der Waals surface area contributed by atoms with Crippen molar-refractivity contribution >= 4 is 11.9 Å². The summed E-state index contributed by atoms with van der Waals surface area (Å²) < 4.78 is 15.5. The fraction of sp³-hybridized carbons (Fsp3) is 0.579. The molecule has 0 atom stereocenters. The SMILES string of the molecule is CCOC(=O)CCN(CCN1CCOCC1)C(=O)c1cccc(OC)c1. The Kier molecular flexibility index (Phi) is 8.37. The van der Waals surface area contributed by atoms with E-state index in [1.165, 1.54) is 0 Å². The lowest BCUT2D eigenvalue weighted by molar-refractivity contribution is -0.143. The molecule has 1 heterocycles. The summed E-state index contributed by atoms with van der Waals surface area (Å²) in [5.74, 6) is 0.234. The fourth-order valence-electron chi connectivity index (χ4n) is 2.80. The van der Waals surface area contributed by atoms with Crippen LogP contribution in [0.2, 0.25) is 0 Å². The van der Waals surface area contributed by atoms with E-state index in [-0.39, 0.29) is 18.3 Å². The maximum absolute atomic E-state index is 12.9. The predicted molar refractivity (Wildman–Crippen MR) is 97.4 cm³/mol. The van der Waals surface area contributed by atoms with E-state index >= 15 is 0 Å². The number of amides is 1. The molecule has 2 rings (SSSR count). The molecule has 1 fully saturated rings. The lowest BCUT2D eigenvalue weighted by Gasteiger charge is -2.30. The van der Waals surface area contributed by atoms with Crippen LogP contribution in [0.1, 0.15) is 23.7 Å². The number of benzene rings is 1. The highest BCUT2D eigenvalue weighted by Gasteiger charge is 2.19. The highest BCUT2D eigenvalue weighted by molar-refractivity contribution is 5.94. The Labute approximate surface area is 154 Å². The van der Waals surface area contributed by atoms with Crippen molar-refractivity contribution in [3.63, 3.8) is 0 Å². The number of carbonyl (C=O) groups excluding carboxylic acids is 2. The summed E-state index contributed by atoms with van der Waals surface area (Å²) in [6, 6.07) is 7.07. The molecule has 1 aromatic carbocycles. The quantitative estimate of drug-likeness (QED) is 0.618. The first kappa shape index (κ1) is 20.2. The summed E-state index contributed by atoms with van der Waals surface area (Å²) in [4.78, 5) is 28.6. The molecule has 0 saturated carbocycles. The lowest BCUT2D eigenvalue weighted by Crippen LogP contribution is -2.43. The molecule has 26 heavy (non-hydrogen) atoms. The molecule has 0 radical (unpaired) electrons. The summed E-state index contributed by atoms with van der Waals surface area (Å²) in [5, 5.41) is 0. The molecule has 1 aliphatic rings. The minimum Gasteiger partial charge on any atom is -0.497 e. The summed E-state index contributed by atoms with van der Waals surface area (Å²) in [6.45, 7) is 6.90. The second-order valence-electron chi connectivity index (χ2n) is 6.03. The summed E-state index contributed by atoms with van der Waals surface area (Å²) in [5.41, 5.74) is 0.551. The van der Waals surface area contributed by atoms with Gasteiger partial charge >= 0.3 is 5.97 Å². The minimum absolute atomic E-state index is 0.110. The molecule has 0 aliphatic carbocycles. The van der Waals surface area contributed by atoms with Gasteiger partial charge in [0, 0.05) is 38.3 Å². The molecule has 7 nitrogen and oxygen atoms in total. The number of rotatable bonds is 9. The maximum Gasteiger partial charge on any atom is 0.307 e. The number of hydrogen-bond donors (Lipinski definition) is 0. The average Bonchev–Trinajstić information content (AvgIpc) is 2.68. The topological polar surface area (TPSA) is 68.3 Å². The molecule has 1 amide bonds. The Morgan fingerprint density at radius 3 is 2.69 bits per heavy atom. The first-order chi connectivity index (χ1) is 12.6. The van der Waals surface area contributed by atoms with E-state index in [4.69, 9.17) is 14.2 Å². The largest absolute Gasteiger partial charge is 0.497 e. The van der Waals surface area contributed by atoms with Gasteiger partial charge in [-0.05, 0) is 25.1 Å². The normalized spacial score (nSPS) is 14.7. The molecule has 0 spiro atoms. The van der Waals surface area contributed by atoms with E-state index in [1.54, 1.807) is 43.2 Å². The summed E-state index contributed by atoms with van der Waals surface area (Å²) in [6.07, 6.45) is 0.187. The Morgan fingerprint density at radius 2 is 2.00 bits per heavy atom. The van der Waals surface area contributed by atoms with Crippen molar-refractivity contribution in [2.75, 3.05) is 59.7 Å². The number of hydrogen-bond acceptors (Lipinski definition) is 6. The highest BCUT2D eigenvalue weighted by Crippen LogP contribution is 2.15. The molecule has 0 unspecified atom stereocenters. The fourth-order valence-corrected chi connectivity index (χ4v) is 2.80.